The van der Waals surface area contributed by atoms with E-state index in [2.05, 4.69) is 20.7 Å². The number of rotatable bonds is 8. The van der Waals surface area contributed by atoms with E-state index in [1.54, 1.807) is 31.2 Å². The predicted molar refractivity (Wildman–Crippen MR) is 135 cm³/mol. The first-order chi connectivity index (χ1) is 18.4. The zero-order chi connectivity index (χ0) is 26.6. The third-order valence-electron chi connectivity index (χ3n) is 6.48. The fraction of sp³-hybridized carbons (Fsp3) is 0.296. The molecule has 2 aromatic heterocycles. The van der Waals surface area contributed by atoms with E-state index in [0.717, 1.165) is 30.5 Å². The molecule has 2 heterocycles. The largest absolute Gasteiger partial charge is 0.508 e. The maximum atomic E-state index is 13.8. The van der Waals surface area contributed by atoms with Crippen molar-refractivity contribution in [1.82, 2.24) is 25.5 Å². The number of aromatic hydroxyl groups is 1. The second kappa shape index (κ2) is 10.8. The minimum atomic E-state index is -1.09. The van der Waals surface area contributed by atoms with Gasteiger partial charge < -0.3 is 14.8 Å². The number of phenols is 1. The van der Waals surface area contributed by atoms with Gasteiger partial charge in [0, 0.05) is 11.7 Å². The van der Waals surface area contributed by atoms with Gasteiger partial charge in [0.25, 0.3) is 5.91 Å². The van der Waals surface area contributed by atoms with Crippen molar-refractivity contribution in [3.63, 3.8) is 0 Å². The normalized spacial score (nSPS) is 14.4. The molecule has 1 aliphatic carbocycles. The van der Waals surface area contributed by atoms with Crippen molar-refractivity contribution in [2.75, 3.05) is 4.90 Å². The molecule has 0 spiro atoms. The smallest absolute Gasteiger partial charge is 0.251 e. The van der Waals surface area contributed by atoms with Gasteiger partial charge in [-0.25, -0.2) is 4.39 Å². The Hall–Kier alpha value is -4.54. The molecule has 1 fully saturated rings. The zero-order valence-electron chi connectivity index (χ0n) is 20.7. The molecule has 1 atom stereocenters. The van der Waals surface area contributed by atoms with E-state index < -0.39 is 17.8 Å². The van der Waals surface area contributed by atoms with Gasteiger partial charge in [-0.1, -0.05) is 25.0 Å². The number of carbonyl (C=O) groups is 2. The monoisotopic (exact) mass is 518 g/mol. The van der Waals surface area contributed by atoms with Gasteiger partial charge >= 0.3 is 0 Å². The third kappa shape index (κ3) is 5.56. The number of aryl methyl sites for hydroxylation is 1. The molecule has 2 N–H and O–H groups in total. The van der Waals surface area contributed by atoms with E-state index >= 15 is 0 Å². The van der Waals surface area contributed by atoms with Crippen LogP contribution in [0.15, 0.2) is 65.1 Å². The highest BCUT2D eigenvalue weighted by Gasteiger charge is 2.35. The molecule has 11 heteroatoms. The molecule has 2 aromatic carbocycles. The van der Waals surface area contributed by atoms with Gasteiger partial charge in [-0.05, 0) is 79.1 Å². The molecule has 0 saturated heterocycles. The highest BCUT2D eigenvalue weighted by atomic mass is 19.1. The number of tetrazole rings is 1. The van der Waals surface area contributed by atoms with Crippen LogP contribution in [0.2, 0.25) is 0 Å². The first kappa shape index (κ1) is 25.1. The van der Waals surface area contributed by atoms with Crippen LogP contribution in [-0.2, 0) is 16.1 Å². The van der Waals surface area contributed by atoms with E-state index in [-0.39, 0.29) is 30.1 Å². The van der Waals surface area contributed by atoms with Crippen LogP contribution in [0.5, 0.6) is 5.75 Å². The zero-order valence-corrected chi connectivity index (χ0v) is 20.7. The molecular formula is C27H27FN6O4. The number of hydrogen-bond acceptors (Lipinski definition) is 7. The maximum Gasteiger partial charge on any atom is 0.251 e. The molecule has 4 aromatic rings. The lowest BCUT2D eigenvalue weighted by Gasteiger charge is -2.32. The number of halogens is 1. The molecular weight excluding hydrogens is 491 g/mol. The number of carbonyl (C=O) groups excluding carboxylic acids is 2. The van der Waals surface area contributed by atoms with Crippen molar-refractivity contribution in [3.05, 3.63) is 77.8 Å². The summed E-state index contributed by atoms with van der Waals surface area (Å²) < 4.78 is 19.3. The van der Waals surface area contributed by atoms with Crippen LogP contribution >= 0.6 is 0 Å². The van der Waals surface area contributed by atoms with Gasteiger partial charge in [-0.2, -0.15) is 4.80 Å². The quantitative estimate of drug-likeness (QED) is 0.362. The van der Waals surface area contributed by atoms with Crippen LogP contribution in [0, 0.1) is 12.7 Å². The summed E-state index contributed by atoms with van der Waals surface area (Å²) in [6, 6.07) is 13.8. The number of aromatic nitrogens is 4. The Morgan fingerprint density at radius 1 is 1.11 bits per heavy atom. The molecule has 0 radical (unpaired) electrons. The molecule has 10 nitrogen and oxygen atoms in total. The SMILES string of the molecule is Cc1ccc(-c2nnn(CC(=O)N(c3ccc(F)cc3)[C@@H](C(=O)NC3CCCC3)c3ccc(O)cc3)n2)o1. The van der Waals surface area contributed by atoms with Crippen molar-refractivity contribution >= 4 is 17.5 Å². The molecule has 0 unspecified atom stereocenters. The molecule has 196 valence electrons. The van der Waals surface area contributed by atoms with Crippen LogP contribution in [0.3, 0.4) is 0 Å². The molecule has 1 saturated carbocycles. The average molecular weight is 519 g/mol. The second-order valence-electron chi connectivity index (χ2n) is 9.28. The van der Waals surface area contributed by atoms with E-state index in [0.29, 0.717) is 22.8 Å². The molecule has 5 rings (SSSR count). The van der Waals surface area contributed by atoms with Gasteiger partial charge in [0.15, 0.2) is 5.76 Å². The molecule has 38 heavy (non-hydrogen) atoms. The molecule has 1 aliphatic rings. The predicted octanol–water partition coefficient (Wildman–Crippen LogP) is 3.92. The summed E-state index contributed by atoms with van der Waals surface area (Å²) >= 11 is 0. The minimum Gasteiger partial charge on any atom is -0.508 e. The van der Waals surface area contributed by atoms with Gasteiger partial charge in [-0.3, -0.25) is 14.5 Å². The van der Waals surface area contributed by atoms with E-state index in [4.69, 9.17) is 4.42 Å². The van der Waals surface area contributed by atoms with E-state index in [9.17, 15) is 19.1 Å². The second-order valence-corrected chi connectivity index (χ2v) is 9.28. The van der Waals surface area contributed by atoms with Crippen molar-refractivity contribution in [2.24, 2.45) is 0 Å². The lowest BCUT2D eigenvalue weighted by Crippen LogP contribution is -2.47. The average Bonchev–Trinajstić information content (AvgIpc) is 3.67. The Bertz CT molecular complexity index is 1410. The number of benzene rings is 2. The van der Waals surface area contributed by atoms with Gasteiger partial charge in [0.1, 0.15) is 29.9 Å². The Kier molecular flexibility index (Phi) is 7.16. The fourth-order valence-corrected chi connectivity index (χ4v) is 4.62. The number of nitrogens with one attached hydrogen (secondary N) is 1. The summed E-state index contributed by atoms with van der Waals surface area (Å²) in [7, 11) is 0. The van der Waals surface area contributed by atoms with E-state index in [1.165, 1.54) is 41.3 Å². The molecule has 0 bridgehead atoms. The van der Waals surface area contributed by atoms with Gasteiger partial charge in [-0.15, -0.1) is 10.2 Å². The summed E-state index contributed by atoms with van der Waals surface area (Å²) in [5.74, 6) is -0.0398. The van der Waals surface area contributed by atoms with Gasteiger partial charge in [0.05, 0.1) is 0 Å². The minimum absolute atomic E-state index is 0.00331. The standard InChI is InChI=1S/C27H27FN6O4/c1-17-6-15-23(38-17)26-30-32-33(31-26)16-24(36)34(21-11-9-19(28)10-12-21)25(18-7-13-22(35)14-8-18)27(37)29-20-4-2-3-5-20/h6-15,20,25,35H,2-5,16H2,1H3,(H,29,37)/t25-/m1/s1. The number of furan rings is 1. The highest BCUT2D eigenvalue weighted by Crippen LogP contribution is 2.31. The Balaban J connectivity index is 1.50. The number of phenolic OH excluding ortho intramolecular Hbond substituents is 1. The highest BCUT2D eigenvalue weighted by molar-refractivity contribution is 6.01. The molecule has 2 amide bonds. The first-order valence-electron chi connectivity index (χ1n) is 12.4. The molecule has 0 aliphatic heterocycles. The summed E-state index contributed by atoms with van der Waals surface area (Å²) in [5, 5.41) is 25.1. The van der Waals surface area contributed by atoms with Crippen molar-refractivity contribution in [1.29, 1.82) is 0 Å². The van der Waals surface area contributed by atoms with Gasteiger partial charge in [0.2, 0.25) is 11.7 Å². The number of amides is 2. The van der Waals surface area contributed by atoms with E-state index in [1.807, 2.05) is 0 Å². The van der Waals surface area contributed by atoms with Crippen LogP contribution in [-0.4, -0.2) is 43.2 Å². The maximum absolute atomic E-state index is 13.8. The summed E-state index contributed by atoms with van der Waals surface area (Å²) in [6.45, 7) is 1.45. The third-order valence-corrected chi connectivity index (χ3v) is 6.48. The fourth-order valence-electron chi connectivity index (χ4n) is 4.62. The van der Waals surface area contributed by atoms with Crippen molar-refractivity contribution in [3.8, 4) is 17.3 Å². The number of hydrogen-bond donors (Lipinski definition) is 2. The van der Waals surface area contributed by atoms with Crippen LogP contribution in [0.4, 0.5) is 10.1 Å². The lowest BCUT2D eigenvalue weighted by atomic mass is 10.0. The topological polar surface area (TPSA) is 126 Å². The summed E-state index contributed by atoms with van der Waals surface area (Å²) in [5.41, 5.74) is 0.798. The Morgan fingerprint density at radius 3 is 2.47 bits per heavy atom. The van der Waals surface area contributed by atoms with Crippen LogP contribution in [0.1, 0.15) is 43.0 Å². The van der Waals surface area contributed by atoms with Crippen LogP contribution in [0.25, 0.3) is 11.6 Å². The number of nitrogens with zero attached hydrogens (tertiary/aromatic N) is 5. The van der Waals surface area contributed by atoms with Crippen molar-refractivity contribution in [2.45, 2.75) is 51.2 Å². The Morgan fingerprint density at radius 2 is 1.82 bits per heavy atom. The summed E-state index contributed by atoms with van der Waals surface area (Å²) in [6.07, 6.45) is 3.75. The Labute approximate surface area is 218 Å². The first-order valence-corrected chi connectivity index (χ1v) is 12.4. The van der Waals surface area contributed by atoms with Crippen LogP contribution < -0.4 is 10.2 Å². The summed E-state index contributed by atoms with van der Waals surface area (Å²) in [4.78, 5) is 30.0. The van der Waals surface area contributed by atoms with Crippen molar-refractivity contribution < 1.29 is 23.5 Å². The number of anilines is 1. The lowest BCUT2D eigenvalue weighted by molar-refractivity contribution is -0.127.